The molecule has 7 nitrogen and oxygen atoms in total. The molecule has 2 N–H and O–H groups in total. The van der Waals surface area contributed by atoms with Crippen LogP contribution in [0.1, 0.15) is 23.6 Å². The van der Waals surface area contributed by atoms with Crippen molar-refractivity contribution in [3.05, 3.63) is 105 Å². The number of carbonyl (C=O) groups is 1. The van der Waals surface area contributed by atoms with Gasteiger partial charge in [-0.1, -0.05) is 54.2 Å². The first-order valence-electron chi connectivity index (χ1n) is 12.0. The Kier molecular flexibility index (Phi) is 7.45. The lowest BCUT2D eigenvalue weighted by Gasteiger charge is -2.19. The molecule has 3 aromatic carbocycles. The van der Waals surface area contributed by atoms with Crippen molar-refractivity contribution in [3.63, 3.8) is 0 Å². The van der Waals surface area contributed by atoms with Crippen LogP contribution in [0.25, 0.3) is 5.70 Å². The van der Waals surface area contributed by atoms with Gasteiger partial charge in [0.05, 0.1) is 40.3 Å². The lowest BCUT2D eigenvalue weighted by atomic mass is 10.1. The predicted octanol–water partition coefficient (Wildman–Crippen LogP) is 6.31. The number of nitrogens with one attached hydrogen (secondary N) is 1. The molecule has 1 fully saturated rings. The fourth-order valence-electron chi connectivity index (χ4n) is 4.17. The molecule has 1 saturated heterocycles. The third kappa shape index (κ3) is 5.14. The molecule has 190 valence electrons. The molecule has 0 bridgehead atoms. The fraction of sp³-hybridized carbons (Fsp3) is 0.138. The Hall–Kier alpha value is -4.13. The number of amidine groups is 1. The van der Waals surface area contributed by atoms with Crippen molar-refractivity contribution in [1.82, 2.24) is 9.80 Å². The quantitative estimate of drug-likeness (QED) is 0.355. The van der Waals surface area contributed by atoms with Crippen LogP contribution in [-0.4, -0.2) is 39.6 Å². The summed E-state index contributed by atoms with van der Waals surface area (Å²) in [4.78, 5) is 23.0. The highest BCUT2D eigenvalue weighted by Crippen LogP contribution is 2.46. The van der Waals surface area contributed by atoms with Gasteiger partial charge in [0.25, 0.3) is 5.91 Å². The average molecular weight is 540 g/mol. The minimum atomic E-state index is -0.126. The van der Waals surface area contributed by atoms with Crippen LogP contribution in [-0.2, 0) is 11.3 Å². The molecule has 0 spiro atoms. The zero-order chi connectivity index (χ0) is 26.6. The number of hydrogen-bond donors (Lipinski definition) is 2. The first-order valence-corrected chi connectivity index (χ1v) is 13.7. The molecule has 1 amide bonds. The number of benzene rings is 3. The number of anilines is 1. The van der Waals surface area contributed by atoms with Crippen molar-refractivity contribution in [3.8, 4) is 11.8 Å². The summed E-state index contributed by atoms with van der Waals surface area (Å²) in [6.07, 6.45) is 0. The van der Waals surface area contributed by atoms with Crippen molar-refractivity contribution in [2.45, 2.75) is 13.5 Å². The van der Waals surface area contributed by atoms with Gasteiger partial charge in [-0.2, -0.15) is 5.26 Å². The van der Waals surface area contributed by atoms with Gasteiger partial charge in [0, 0.05) is 24.6 Å². The van der Waals surface area contributed by atoms with Gasteiger partial charge in [-0.3, -0.25) is 9.69 Å². The van der Waals surface area contributed by atoms with Crippen molar-refractivity contribution in [2.24, 2.45) is 4.99 Å². The second kappa shape index (κ2) is 11.1. The Morgan fingerprint density at radius 3 is 2.63 bits per heavy atom. The zero-order valence-corrected chi connectivity index (χ0v) is 22.5. The van der Waals surface area contributed by atoms with Gasteiger partial charge >= 0.3 is 0 Å². The maximum absolute atomic E-state index is 13.9. The van der Waals surface area contributed by atoms with E-state index in [2.05, 4.69) is 11.4 Å². The number of phenols is 1. The van der Waals surface area contributed by atoms with E-state index in [4.69, 9.17) is 4.99 Å². The smallest absolute Gasteiger partial charge is 0.269 e. The van der Waals surface area contributed by atoms with Gasteiger partial charge in [0.1, 0.15) is 10.7 Å². The molecular formula is C29H25N5O2S2. The number of amides is 1. The molecule has 38 heavy (non-hydrogen) atoms. The molecule has 0 aliphatic carbocycles. The fourth-order valence-corrected chi connectivity index (χ4v) is 6.42. The van der Waals surface area contributed by atoms with Gasteiger partial charge in [0.15, 0.2) is 5.17 Å². The number of carbonyl (C=O) groups excluding carboxylic acids is 1. The Bertz CT molecular complexity index is 1530. The second-order valence-electron chi connectivity index (χ2n) is 8.61. The lowest BCUT2D eigenvalue weighted by molar-refractivity contribution is -0.122. The molecule has 5 rings (SSSR count). The Labute approximate surface area is 230 Å². The van der Waals surface area contributed by atoms with Gasteiger partial charge in [-0.05, 0) is 54.6 Å². The normalized spacial score (nSPS) is 18.2. The molecule has 0 aromatic heterocycles. The lowest BCUT2D eigenvalue weighted by Crippen LogP contribution is -2.29. The summed E-state index contributed by atoms with van der Waals surface area (Å²) in [5.41, 5.74) is 4.66. The Balaban J connectivity index is 1.55. The summed E-state index contributed by atoms with van der Waals surface area (Å²) in [5, 5.41) is 26.1. The van der Waals surface area contributed by atoms with E-state index in [1.54, 1.807) is 35.2 Å². The van der Waals surface area contributed by atoms with E-state index in [1.165, 1.54) is 23.5 Å². The van der Waals surface area contributed by atoms with Gasteiger partial charge in [-0.25, -0.2) is 4.99 Å². The minimum absolute atomic E-state index is 0.126. The first kappa shape index (κ1) is 25.5. The van der Waals surface area contributed by atoms with Crippen molar-refractivity contribution < 1.29 is 9.90 Å². The number of phenolic OH excluding ortho intramolecular Hbond substituents is 1. The summed E-state index contributed by atoms with van der Waals surface area (Å²) in [6.45, 7) is 3.07. The third-order valence-corrected chi connectivity index (χ3v) is 8.28. The largest absolute Gasteiger partial charge is 0.508 e. The molecular weight excluding hydrogens is 514 g/mol. The second-order valence-corrected chi connectivity index (χ2v) is 10.4. The maximum Gasteiger partial charge on any atom is 0.269 e. The van der Waals surface area contributed by atoms with Crippen LogP contribution in [0, 0.1) is 11.3 Å². The molecule has 9 heteroatoms. The predicted molar refractivity (Wildman–Crippen MR) is 155 cm³/mol. The summed E-state index contributed by atoms with van der Waals surface area (Å²) in [5.74, 6) is 0.0627. The average Bonchev–Trinajstić information content (AvgIpc) is 3.45. The molecule has 3 aromatic rings. The molecule has 2 heterocycles. The van der Waals surface area contributed by atoms with Crippen LogP contribution in [0.2, 0.25) is 0 Å². The number of thioether (sulfide) groups is 2. The van der Waals surface area contributed by atoms with Crippen molar-refractivity contribution in [1.29, 1.82) is 5.26 Å². The first-order chi connectivity index (χ1) is 18.5. The van der Waals surface area contributed by atoms with Gasteiger partial charge in [0.2, 0.25) is 0 Å². The number of rotatable bonds is 6. The summed E-state index contributed by atoms with van der Waals surface area (Å²) < 4.78 is 0. The monoisotopic (exact) mass is 539 g/mol. The van der Waals surface area contributed by atoms with Crippen LogP contribution < -0.4 is 5.32 Å². The standard InChI is InChI=1S/C29H25N5O2S2/c1-3-31-23-13-12-20(16-30)14-24(23)32-29-34(17-19-8-5-4-6-9-19)27(36)26(38-29)28-33(2)25(18-37-28)21-10-7-11-22(35)15-21/h4-15,18,31,35H,3,17H2,1-2H3. The van der Waals surface area contributed by atoms with Crippen LogP contribution >= 0.6 is 23.5 Å². The maximum atomic E-state index is 13.9. The molecule has 2 aliphatic heterocycles. The van der Waals surface area contributed by atoms with E-state index in [-0.39, 0.29) is 11.7 Å². The summed E-state index contributed by atoms with van der Waals surface area (Å²) in [6, 6.07) is 24.4. The highest BCUT2D eigenvalue weighted by molar-refractivity contribution is 8.19. The molecule has 0 radical (unpaired) electrons. The molecule has 2 aliphatic rings. The highest BCUT2D eigenvalue weighted by Gasteiger charge is 2.38. The van der Waals surface area contributed by atoms with E-state index in [0.29, 0.717) is 34.4 Å². The van der Waals surface area contributed by atoms with Crippen LogP contribution in [0.5, 0.6) is 5.75 Å². The number of hydrogen-bond acceptors (Lipinski definition) is 8. The Morgan fingerprint density at radius 1 is 1.08 bits per heavy atom. The Morgan fingerprint density at radius 2 is 1.89 bits per heavy atom. The van der Waals surface area contributed by atoms with E-state index in [1.807, 2.05) is 66.7 Å². The van der Waals surface area contributed by atoms with E-state index >= 15 is 0 Å². The SMILES string of the molecule is CCNc1ccc(C#N)cc1N=C1SC(=C2SC=C(c3cccc(O)c3)N2C)C(=O)N1Cc1ccccc1. The molecule has 0 saturated carbocycles. The zero-order valence-electron chi connectivity index (χ0n) is 20.9. The number of aliphatic imine (C=N–C) groups is 1. The van der Waals surface area contributed by atoms with E-state index in [0.717, 1.165) is 27.5 Å². The van der Waals surface area contributed by atoms with Crippen molar-refractivity contribution >= 4 is 51.7 Å². The van der Waals surface area contributed by atoms with E-state index < -0.39 is 0 Å². The number of aromatic hydroxyl groups is 1. The minimum Gasteiger partial charge on any atom is -0.508 e. The van der Waals surface area contributed by atoms with Gasteiger partial charge in [-0.15, -0.1) is 0 Å². The highest BCUT2D eigenvalue weighted by atomic mass is 32.2. The van der Waals surface area contributed by atoms with Crippen LogP contribution in [0.3, 0.4) is 0 Å². The molecule has 0 unspecified atom stereocenters. The summed E-state index contributed by atoms with van der Waals surface area (Å²) >= 11 is 2.81. The third-order valence-electron chi connectivity index (χ3n) is 6.04. The topological polar surface area (TPSA) is 92.0 Å². The number of nitrogens with zero attached hydrogens (tertiary/aromatic N) is 4. The summed E-state index contributed by atoms with van der Waals surface area (Å²) in [7, 11) is 1.92. The van der Waals surface area contributed by atoms with Crippen LogP contribution in [0.4, 0.5) is 11.4 Å². The van der Waals surface area contributed by atoms with Gasteiger partial charge < -0.3 is 15.3 Å². The van der Waals surface area contributed by atoms with Crippen molar-refractivity contribution in [2.75, 3.05) is 18.9 Å². The molecule has 0 atom stereocenters. The number of nitriles is 1. The van der Waals surface area contributed by atoms with Crippen LogP contribution in [0.15, 0.2) is 93.1 Å². The van der Waals surface area contributed by atoms with E-state index in [9.17, 15) is 15.2 Å².